The first-order chi connectivity index (χ1) is 10.9. The number of hydrogen-bond acceptors (Lipinski definition) is 3. The number of carbonyl (C=O) groups excluding carboxylic acids is 1. The van der Waals surface area contributed by atoms with Gasteiger partial charge in [-0.05, 0) is 30.5 Å². The molecule has 1 aliphatic rings. The number of aliphatic hydroxyl groups excluding tert-OH is 2. The molecule has 5 heteroatoms. The van der Waals surface area contributed by atoms with Crippen LogP contribution in [-0.2, 0) is 10.2 Å². The van der Waals surface area contributed by atoms with Crippen molar-refractivity contribution in [2.75, 3.05) is 26.8 Å². The minimum Gasteiger partial charge on any atom is -0.396 e. The first kappa shape index (κ1) is 17.9. The Morgan fingerprint density at radius 3 is 2.43 bits per heavy atom. The molecular formula is C18H26FNO3. The number of nitrogens with zero attached hydrogens (tertiary/aromatic N) is 1. The second-order valence-electron chi connectivity index (χ2n) is 7.09. The van der Waals surface area contributed by atoms with Gasteiger partial charge in [-0.1, -0.05) is 31.9 Å². The summed E-state index contributed by atoms with van der Waals surface area (Å²) >= 11 is 0. The van der Waals surface area contributed by atoms with E-state index in [2.05, 4.69) is 0 Å². The summed E-state index contributed by atoms with van der Waals surface area (Å²) in [6, 6.07) is 6.30. The fraction of sp³-hybridized carbons (Fsp3) is 0.611. The third-order valence-corrected chi connectivity index (χ3v) is 4.97. The maximum absolute atomic E-state index is 13.6. The Labute approximate surface area is 136 Å². The van der Waals surface area contributed by atoms with E-state index in [0.717, 1.165) is 18.4 Å². The highest BCUT2D eigenvalue weighted by Crippen LogP contribution is 2.43. The highest BCUT2D eigenvalue weighted by Gasteiger charge is 2.45. The molecule has 0 spiro atoms. The summed E-state index contributed by atoms with van der Waals surface area (Å²) in [7, 11) is 1.69. The molecule has 0 radical (unpaired) electrons. The monoisotopic (exact) mass is 323 g/mol. The van der Waals surface area contributed by atoms with Crippen molar-refractivity contribution in [2.45, 2.75) is 38.0 Å². The average molecular weight is 323 g/mol. The van der Waals surface area contributed by atoms with E-state index >= 15 is 0 Å². The maximum Gasteiger partial charge on any atom is 0.232 e. The van der Waals surface area contributed by atoms with Gasteiger partial charge in [0.2, 0.25) is 5.91 Å². The van der Waals surface area contributed by atoms with Gasteiger partial charge in [0, 0.05) is 19.0 Å². The summed E-state index contributed by atoms with van der Waals surface area (Å²) in [5.74, 6) is -0.395. The minimum atomic E-state index is -0.744. The van der Waals surface area contributed by atoms with Crippen LogP contribution in [-0.4, -0.2) is 47.8 Å². The Balaban J connectivity index is 2.29. The third-order valence-electron chi connectivity index (χ3n) is 4.97. The van der Waals surface area contributed by atoms with Crippen molar-refractivity contribution in [2.24, 2.45) is 5.41 Å². The molecule has 1 amide bonds. The molecule has 0 saturated heterocycles. The van der Waals surface area contributed by atoms with Crippen LogP contribution < -0.4 is 0 Å². The van der Waals surface area contributed by atoms with Crippen molar-refractivity contribution >= 4 is 5.91 Å². The van der Waals surface area contributed by atoms with Crippen molar-refractivity contribution < 1.29 is 19.4 Å². The zero-order chi connectivity index (χ0) is 17.1. The largest absolute Gasteiger partial charge is 0.396 e. The van der Waals surface area contributed by atoms with Gasteiger partial charge in [0.15, 0.2) is 0 Å². The van der Waals surface area contributed by atoms with Crippen LogP contribution in [0.1, 0.15) is 38.2 Å². The van der Waals surface area contributed by atoms with Gasteiger partial charge in [0.25, 0.3) is 0 Å². The predicted molar refractivity (Wildman–Crippen MR) is 86.5 cm³/mol. The Hall–Kier alpha value is -1.46. The number of amides is 1. The van der Waals surface area contributed by atoms with E-state index in [1.165, 1.54) is 12.1 Å². The first-order valence-electron chi connectivity index (χ1n) is 8.10. The first-order valence-corrected chi connectivity index (χ1v) is 8.10. The number of aliphatic hydroxyl groups is 2. The van der Waals surface area contributed by atoms with Gasteiger partial charge < -0.3 is 15.1 Å². The van der Waals surface area contributed by atoms with Gasteiger partial charge in [-0.15, -0.1) is 0 Å². The molecule has 1 aromatic carbocycles. The van der Waals surface area contributed by atoms with Gasteiger partial charge in [0.05, 0.1) is 18.6 Å². The van der Waals surface area contributed by atoms with Gasteiger partial charge in [-0.2, -0.15) is 0 Å². The molecule has 1 saturated carbocycles. The van der Waals surface area contributed by atoms with Crippen LogP contribution in [0, 0.1) is 11.2 Å². The molecule has 0 atom stereocenters. The maximum atomic E-state index is 13.6. The molecular weight excluding hydrogens is 297 g/mol. The van der Waals surface area contributed by atoms with E-state index in [-0.39, 0.29) is 31.5 Å². The quantitative estimate of drug-likeness (QED) is 0.843. The van der Waals surface area contributed by atoms with E-state index < -0.39 is 10.8 Å². The van der Waals surface area contributed by atoms with Gasteiger partial charge in [0.1, 0.15) is 5.82 Å². The van der Waals surface area contributed by atoms with Gasteiger partial charge in [-0.25, -0.2) is 4.39 Å². The normalized spacial score (nSPS) is 17.3. The molecule has 0 heterocycles. The molecule has 0 bridgehead atoms. The third kappa shape index (κ3) is 3.56. The number of halogens is 1. The number of likely N-dealkylation sites (N-methyl/N-ethyl adjacent to an activating group) is 1. The SMILES string of the molecule is CN(CC(C)(CO)CO)C(=O)C1(c2cccc(F)c2)CCCC1. The minimum absolute atomic E-state index is 0.0614. The highest BCUT2D eigenvalue weighted by atomic mass is 19.1. The summed E-state index contributed by atoms with van der Waals surface area (Å²) in [5, 5.41) is 18.9. The van der Waals surface area contributed by atoms with E-state index in [9.17, 15) is 19.4 Å². The van der Waals surface area contributed by atoms with E-state index in [1.54, 1.807) is 24.9 Å². The molecule has 1 aromatic rings. The van der Waals surface area contributed by atoms with Crippen LogP contribution >= 0.6 is 0 Å². The summed E-state index contributed by atoms with van der Waals surface area (Å²) in [4.78, 5) is 14.7. The topological polar surface area (TPSA) is 60.8 Å². The van der Waals surface area contributed by atoms with Crippen LogP contribution in [0.25, 0.3) is 0 Å². The lowest BCUT2D eigenvalue weighted by atomic mass is 9.77. The van der Waals surface area contributed by atoms with Crippen LogP contribution in [0.4, 0.5) is 4.39 Å². The van der Waals surface area contributed by atoms with Crippen LogP contribution in [0.3, 0.4) is 0 Å². The number of benzene rings is 1. The second-order valence-corrected chi connectivity index (χ2v) is 7.09. The van der Waals surface area contributed by atoms with E-state index in [1.807, 2.05) is 6.07 Å². The molecule has 0 aromatic heterocycles. The standard InChI is InChI=1S/C18H26FNO3/c1-17(12-21,13-22)11-20(2)16(23)18(8-3-4-9-18)14-6-5-7-15(19)10-14/h5-7,10,21-22H,3-4,8-9,11-13H2,1-2H3. The molecule has 2 rings (SSSR count). The zero-order valence-electron chi connectivity index (χ0n) is 13.9. The summed E-state index contributed by atoms with van der Waals surface area (Å²) in [6.07, 6.45) is 3.28. The van der Waals surface area contributed by atoms with E-state index in [0.29, 0.717) is 12.8 Å². The van der Waals surface area contributed by atoms with Gasteiger partial charge in [-0.3, -0.25) is 4.79 Å². The van der Waals surface area contributed by atoms with Gasteiger partial charge >= 0.3 is 0 Å². The fourth-order valence-electron chi connectivity index (χ4n) is 3.55. The van der Waals surface area contributed by atoms with Crippen molar-refractivity contribution in [3.05, 3.63) is 35.6 Å². The zero-order valence-corrected chi connectivity index (χ0v) is 13.9. The van der Waals surface area contributed by atoms with Crippen molar-refractivity contribution in [3.8, 4) is 0 Å². The lowest BCUT2D eigenvalue weighted by Gasteiger charge is -2.37. The second kappa shape index (κ2) is 6.97. The molecule has 4 nitrogen and oxygen atoms in total. The lowest BCUT2D eigenvalue weighted by molar-refractivity contribution is -0.138. The Bertz CT molecular complexity index is 551. The summed E-state index contributed by atoms with van der Waals surface area (Å²) < 4.78 is 13.6. The molecule has 23 heavy (non-hydrogen) atoms. The number of hydrogen-bond donors (Lipinski definition) is 2. The smallest absolute Gasteiger partial charge is 0.232 e. The van der Waals surface area contributed by atoms with E-state index in [4.69, 9.17) is 0 Å². The molecule has 0 unspecified atom stereocenters. The number of carbonyl (C=O) groups is 1. The molecule has 1 fully saturated rings. The molecule has 128 valence electrons. The Kier molecular flexibility index (Phi) is 5.42. The fourth-order valence-corrected chi connectivity index (χ4v) is 3.55. The predicted octanol–water partition coefficient (Wildman–Crippen LogP) is 2.09. The van der Waals surface area contributed by atoms with Crippen LogP contribution in [0.5, 0.6) is 0 Å². The Morgan fingerprint density at radius 2 is 1.91 bits per heavy atom. The molecule has 1 aliphatic carbocycles. The number of rotatable bonds is 6. The lowest BCUT2D eigenvalue weighted by Crippen LogP contribution is -2.49. The van der Waals surface area contributed by atoms with Crippen LogP contribution in [0.2, 0.25) is 0 Å². The van der Waals surface area contributed by atoms with Crippen molar-refractivity contribution in [1.82, 2.24) is 4.90 Å². The average Bonchev–Trinajstić information content (AvgIpc) is 3.04. The summed E-state index contributed by atoms with van der Waals surface area (Å²) in [6.45, 7) is 1.60. The van der Waals surface area contributed by atoms with Crippen LogP contribution in [0.15, 0.2) is 24.3 Å². The molecule has 0 aliphatic heterocycles. The highest BCUT2D eigenvalue weighted by molar-refractivity contribution is 5.88. The molecule has 2 N–H and O–H groups in total. The summed E-state index contributed by atoms with van der Waals surface area (Å²) in [5.41, 5.74) is -0.712. The van der Waals surface area contributed by atoms with Crippen molar-refractivity contribution in [3.63, 3.8) is 0 Å². The van der Waals surface area contributed by atoms with Crippen molar-refractivity contribution in [1.29, 1.82) is 0 Å². The Morgan fingerprint density at radius 1 is 1.30 bits per heavy atom.